The van der Waals surface area contributed by atoms with Crippen LogP contribution in [0.2, 0.25) is 0 Å². The molecule has 0 radical (unpaired) electrons. The number of hydrogen-bond donors (Lipinski definition) is 1. The topological polar surface area (TPSA) is 58.6 Å². The lowest BCUT2D eigenvalue weighted by Crippen LogP contribution is -2.28. The second-order valence-corrected chi connectivity index (χ2v) is 8.15. The molecule has 2 aromatic rings. The van der Waals surface area contributed by atoms with Crippen LogP contribution in [0.15, 0.2) is 48.5 Å². The fourth-order valence-corrected chi connectivity index (χ4v) is 4.54. The summed E-state index contributed by atoms with van der Waals surface area (Å²) in [5.41, 5.74) is 4.89. The van der Waals surface area contributed by atoms with E-state index in [0.717, 1.165) is 45.2 Å². The Hall–Kier alpha value is -2.82. The molecule has 0 aromatic heterocycles. The van der Waals surface area contributed by atoms with Gasteiger partial charge in [-0.15, -0.1) is 0 Å². The first-order chi connectivity index (χ1) is 14.7. The molecule has 1 saturated heterocycles. The normalized spacial score (nSPS) is 15.0. The molecule has 0 atom stereocenters. The van der Waals surface area contributed by atoms with Crippen molar-refractivity contribution >= 4 is 12.0 Å². The monoisotopic (exact) mass is 406 g/mol. The lowest BCUT2D eigenvalue weighted by atomic mass is 9.98. The minimum atomic E-state index is -0.370. The maximum absolute atomic E-state index is 12.1. The summed E-state index contributed by atoms with van der Waals surface area (Å²) in [7, 11) is 0. The van der Waals surface area contributed by atoms with Crippen LogP contribution in [0.25, 0.3) is 11.1 Å². The van der Waals surface area contributed by atoms with Crippen LogP contribution in [0, 0.1) is 0 Å². The molecule has 158 valence electrons. The highest BCUT2D eigenvalue weighted by molar-refractivity contribution is 5.79. The predicted octanol–water partition coefficient (Wildman–Crippen LogP) is 4.71. The van der Waals surface area contributed by atoms with E-state index in [-0.39, 0.29) is 17.9 Å². The molecule has 2 amide bonds. The van der Waals surface area contributed by atoms with Crippen molar-refractivity contribution in [1.82, 2.24) is 10.2 Å². The third-order valence-electron chi connectivity index (χ3n) is 6.14. The van der Waals surface area contributed by atoms with Gasteiger partial charge in [-0.1, -0.05) is 55.0 Å². The van der Waals surface area contributed by atoms with Crippen LogP contribution in [-0.4, -0.2) is 43.1 Å². The third kappa shape index (κ3) is 4.66. The molecule has 1 fully saturated rings. The Labute approximate surface area is 178 Å². The zero-order valence-electron chi connectivity index (χ0n) is 17.4. The van der Waals surface area contributed by atoms with E-state index in [0.29, 0.717) is 19.6 Å². The fraction of sp³-hybridized carbons (Fsp3) is 0.440. The van der Waals surface area contributed by atoms with Crippen molar-refractivity contribution in [2.24, 2.45) is 0 Å². The van der Waals surface area contributed by atoms with Gasteiger partial charge in [-0.3, -0.25) is 4.79 Å². The fourth-order valence-electron chi connectivity index (χ4n) is 4.54. The van der Waals surface area contributed by atoms with E-state index in [9.17, 15) is 9.59 Å². The summed E-state index contributed by atoms with van der Waals surface area (Å²) in [4.78, 5) is 26.1. The van der Waals surface area contributed by atoms with Gasteiger partial charge in [0, 0.05) is 32.0 Å². The van der Waals surface area contributed by atoms with Gasteiger partial charge in [0.1, 0.15) is 6.61 Å². The molecule has 1 heterocycles. The molecule has 2 aliphatic rings. The standard InChI is InChI=1S/C25H30N2O3/c28-24(27-16-8-9-17-27)14-2-1-7-15-26-25(29)30-18-23-21-12-5-3-10-19(21)20-11-4-6-13-22(20)23/h3-6,10-13,23H,1-2,7-9,14-18H2,(H,26,29). The van der Waals surface area contributed by atoms with E-state index < -0.39 is 0 Å². The zero-order valence-corrected chi connectivity index (χ0v) is 17.4. The SMILES string of the molecule is O=C(NCCCCCC(=O)N1CCCC1)OCC1c2ccccc2-c2ccccc21. The second-order valence-electron chi connectivity index (χ2n) is 8.15. The van der Waals surface area contributed by atoms with Gasteiger partial charge >= 0.3 is 6.09 Å². The molecule has 0 unspecified atom stereocenters. The van der Waals surface area contributed by atoms with Crippen molar-refractivity contribution in [2.75, 3.05) is 26.2 Å². The molecular formula is C25H30N2O3. The number of fused-ring (bicyclic) bond motifs is 3. The molecule has 2 aromatic carbocycles. The zero-order chi connectivity index (χ0) is 20.8. The maximum Gasteiger partial charge on any atom is 0.407 e. The van der Waals surface area contributed by atoms with Crippen molar-refractivity contribution in [1.29, 1.82) is 0 Å². The van der Waals surface area contributed by atoms with Gasteiger partial charge < -0.3 is 15.0 Å². The second kappa shape index (κ2) is 9.79. The van der Waals surface area contributed by atoms with E-state index in [2.05, 4.69) is 29.6 Å². The van der Waals surface area contributed by atoms with E-state index in [1.165, 1.54) is 22.3 Å². The van der Waals surface area contributed by atoms with Gasteiger partial charge in [-0.25, -0.2) is 4.79 Å². The predicted molar refractivity (Wildman–Crippen MR) is 117 cm³/mol. The Morgan fingerprint density at radius 3 is 2.20 bits per heavy atom. The summed E-state index contributed by atoms with van der Waals surface area (Å²) in [6.45, 7) is 2.75. The summed E-state index contributed by atoms with van der Waals surface area (Å²) in [6.07, 6.45) is 5.18. The Bertz CT molecular complexity index is 844. The van der Waals surface area contributed by atoms with Crippen molar-refractivity contribution in [2.45, 2.75) is 44.4 Å². The highest BCUT2D eigenvalue weighted by atomic mass is 16.5. The number of unbranched alkanes of at least 4 members (excludes halogenated alkanes) is 2. The average molecular weight is 407 g/mol. The van der Waals surface area contributed by atoms with Crippen LogP contribution in [-0.2, 0) is 9.53 Å². The van der Waals surface area contributed by atoms with Crippen LogP contribution >= 0.6 is 0 Å². The van der Waals surface area contributed by atoms with E-state index in [1.54, 1.807) is 0 Å². The van der Waals surface area contributed by atoms with Gasteiger partial charge in [0.15, 0.2) is 0 Å². The number of ether oxygens (including phenoxy) is 1. The van der Waals surface area contributed by atoms with Crippen LogP contribution in [0.5, 0.6) is 0 Å². The van der Waals surface area contributed by atoms with E-state index in [1.807, 2.05) is 29.2 Å². The van der Waals surface area contributed by atoms with Crippen molar-refractivity contribution in [3.8, 4) is 11.1 Å². The molecule has 30 heavy (non-hydrogen) atoms. The Morgan fingerprint density at radius 1 is 0.900 bits per heavy atom. The Morgan fingerprint density at radius 2 is 1.53 bits per heavy atom. The first-order valence-corrected chi connectivity index (χ1v) is 11.1. The third-order valence-corrected chi connectivity index (χ3v) is 6.14. The van der Waals surface area contributed by atoms with E-state index >= 15 is 0 Å². The number of benzene rings is 2. The maximum atomic E-state index is 12.1. The Kier molecular flexibility index (Phi) is 6.67. The Balaban J connectivity index is 1.16. The quantitative estimate of drug-likeness (QED) is 0.646. The lowest BCUT2D eigenvalue weighted by molar-refractivity contribution is -0.130. The molecule has 0 spiro atoms. The number of likely N-dealkylation sites (tertiary alicyclic amines) is 1. The van der Waals surface area contributed by atoms with Crippen molar-refractivity contribution < 1.29 is 14.3 Å². The number of carbonyl (C=O) groups excluding carboxylic acids is 2. The largest absolute Gasteiger partial charge is 0.449 e. The number of rotatable bonds is 8. The number of amides is 2. The lowest BCUT2D eigenvalue weighted by Gasteiger charge is -2.15. The number of alkyl carbamates (subject to hydrolysis) is 1. The van der Waals surface area contributed by atoms with Crippen LogP contribution in [0.4, 0.5) is 4.79 Å². The molecule has 1 aliphatic carbocycles. The molecule has 5 nitrogen and oxygen atoms in total. The van der Waals surface area contributed by atoms with Gasteiger partial charge in [0.25, 0.3) is 0 Å². The molecule has 5 heteroatoms. The van der Waals surface area contributed by atoms with Gasteiger partial charge in [-0.05, 0) is 47.9 Å². The summed E-state index contributed by atoms with van der Waals surface area (Å²) in [5, 5.41) is 2.84. The molecule has 1 N–H and O–H groups in total. The number of carbonyl (C=O) groups is 2. The highest BCUT2D eigenvalue weighted by Crippen LogP contribution is 2.44. The number of nitrogens with one attached hydrogen (secondary N) is 1. The van der Waals surface area contributed by atoms with Crippen LogP contribution in [0.1, 0.15) is 55.6 Å². The molecule has 0 bridgehead atoms. The minimum absolute atomic E-state index is 0.0831. The van der Waals surface area contributed by atoms with Crippen LogP contribution in [0.3, 0.4) is 0 Å². The van der Waals surface area contributed by atoms with Gasteiger partial charge in [0.2, 0.25) is 5.91 Å². The van der Waals surface area contributed by atoms with E-state index in [4.69, 9.17) is 4.74 Å². The molecule has 1 aliphatic heterocycles. The number of hydrogen-bond acceptors (Lipinski definition) is 3. The molecular weight excluding hydrogens is 376 g/mol. The average Bonchev–Trinajstić information content (AvgIpc) is 3.41. The number of nitrogens with zero attached hydrogens (tertiary/aromatic N) is 1. The van der Waals surface area contributed by atoms with Gasteiger partial charge in [0.05, 0.1) is 0 Å². The smallest absolute Gasteiger partial charge is 0.407 e. The summed E-state index contributed by atoms with van der Waals surface area (Å²) >= 11 is 0. The molecule has 0 saturated carbocycles. The summed E-state index contributed by atoms with van der Waals surface area (Å²) in [5.74, 6) is 0.358. The minimum Gasteiger partial charge on any atom is -0.449 e. The summed E-state index contributed by atoms with van der Waals surface area (Å²) < 4.78 is 5.54. The van der Waals surface area contributed by atoms with Crippen molar-refractivity contribution in [3.05, 3.63) is 59.7 Å². The van der Waals surface area contributed by atoms with Crippen molar-refractivity contribution in [3.63, 3.8) is 0 Å². The summed E-state index contributed by atoms with van der Waals surface area (Å²) in [6, 6.07) is 16.6. The first kappa shape index (κ1) is 20.5. The molecule has 4 rings (SSSR count). The van der Waals surface area contributed by atoms with Gasteiger partial charge in [-0.2, -0.15) is 0 Å². The highest BCUT2D eigenvalue weighted by Gasteiger charge is 2.28. The van der Waals surface area contributed by atoms with Crippen LogP contribution < -0.4 is 5.32 Å². The first-order valence-electron chi connectivity index (χ1n) is 11.1.